The van der Waals surface area contributed by atoms with E-state index in [4.69, 9.17) is 0 Å². The van der Waals surface area contributed by atoms with Crippen LogP contribution in [0, 0.1) is 5.92 Å². The minimum atomic E-state index is -1.43. The molecule has 0 saturated carbocycles. The topological polar surface area (TPSA) is 0 Å². The lowest BCUT2D eigenvalue weighted by Gasteiger charge is -2.44. The number of benzene rings is 1. The zero-order valence-electron chi connectivity index (χ0n) is 27.2. The molecule has 1 aromatic carbocycles. The van der Waals surface area contributed by atoms with Gasteiger partial charge in [0.1, 0.15) is 0 Å². The summed E-state index contributed by atoms with van der Waals surface area (Å²) in [4.78, 5) is 0. The van der Waals surface area contributed by atoms with Crippen molar-refractivity contribution in [3.05, 3.63) is 113 Å². The lowest BCUT2D eigenvalue weighted by Crippen LogP contribution is -2.36. The molecule has 230 valence electrons. The van der Waals surface area contributed by atoms with Gasteiger partial charge >= 0.3 is 0 Å². The molecule has 0 fully saturated rings. The average molecular weight is 612 g/mol. The molecule has 5 rings (SSSR count). The van der Waals surface area contributed by atoms with Gasteiger partial charge in [0.15, 0.2) is 0 Å². The maximum Gasteiger partial charge on any atom is 0.0988 e. The Kier molecular flexibility index (Phi) is 12.6. The van der Waals surface area contributed by atoms with E-state index in [1.165, 1.54) is 109 Å². The maximum absolute atomic E-state index is 2.60. The largest absolute Gasteiger partial charge is 0.0988 e. The van der Waals surface area contributed by atoms with Gasteiger partial charge in [0.2, 0.25) is 0 Å². The third kappa shape index (κ3) is 8.11. The van der Waals surface area contributed by atoms with Gasteiger partial charge in [-0.25, -0.2) is 0 Å². The Morgan fingerprint density at radius 1 is 0.674 bits per heavy atom. The summed E-state index contributed by atoms with van der Waals surface area (Å²) in [6, 6.07) is 11.6. The summed E-state index contributed by atoms with van der Waals surface area (Å²) >= 11 is 0. The molecule has 4 aliphatic carbocycles. The number of rotatable bonds is 15. The van der Waals surface area contributed by atoms with Crippen LogP contribution < -0.4 is 5.30 Å². The first-order valence-corrected chi connectivity index (χ1v) is 21.1. The van der Waals surface area contributed by atoms with E-state index in [-0.39, 0.29) is 7.92 Å². The van der Waals surface area contributed by atoms with Gasteiger partial charge in [-0.05, 0) is 92.1 Å². The summed E-state index contributed by atoms with van der Waals surface area (Å²) < 4.78 is 0. The molecule has 0 aromatic heterocycles. The number of unbranched alkanes of at least 4 members (excludes halogenated alkanes) is 6. The highest BCUT2D eigenvalue weighted by atomic mass is 31.2. The summed E-state index contributed by atoms with van der Waals surface area (Å²) in [5, 5.41) is 7.46. The Labute approximate surface area is 266 Å². The molecular weight excluding hydrogens is 554 g/mol. The van der Waals surface area contributed by atoms with Crippen molar-refractivity contribution in [1.82, 2.24) is 0 Å². The molecule has 3 unspecified atom stereocenters. The first kappa shape index (κ1) is 32.6. The zero-order chi connectivity index (χ0) is 29.8. The highest BCUT2D eigenvalue weighted by Gasteiger charge is 2.49. The van der Waals surface area contributed by atoms with Crippen molar-refractivity contribution in [3.63, 3.8) is 0 Å². The van der Waals surface area contributed by atoms with Crippen LogP contribution in [-0.2, 0) is 0 Å². The summed E-state index contributed by atoms with van der Waals surface area (Å²) in [6.07, 6.45) is 49.4. The Balaban J connectivity index is 1.13. The lowest BCUT2D eigenvalue weighted by atomic mass is 9.86. The van der Waals surface area contributed by atoms with E-state index in [1.807, 2.05) is 0 Å². The van der Waals surface area contributed by atoms with Crippen molar-refractivity contribution in [2.75, 3.05) is 12.3 Å². The molecular formula is C41H57P2+. The molecule has 1 aromatic rings. The fourth-order valence-electron chi connectivity index (χ4n) is 7.99. The van der Waals surface area contributed by atoms with E-state index in [2.05, 4.69) is 111 Å². The molecule has 43 heavy (non-hydrogen) atoms. The molecule has 0 amide bonds. The van der Waals surface area contributed by atoms with Crippen molar-refractivity contribution in [2.45, 2.75) is 115 Å². The molecule has 0 aliphatic heterocycles. The normalized spacial score (nSPS) is 24.4. The second kappa shape index (κ2) is 16.5. The molecule has 0 spiro atoms. The smallest absolute Gasteiger partial charge is 0.0882 e. The van der Waals surface area contributed by atoms with Crippen LogP contribution in [0.25, 0.3) is 0 Å². The summed E-state index contributed by atoms with van der Waals surface area (Å²) in [6.45, 7) is 5.07. The van der Waals surface area contributed by atoms with Gasteiger partial charge in [-0.1, -0.05) is 126 Å². The fourth-order valence-corrected chi connectivity index (χ4v) is 16.6. The van der Waals surface area contributed by atoms with E-state index in [9.17, 15) is 0 Å². The van der Waals surface area contributed by atoms with Crippen LogP contribution in [0.5, 0.6) is 0 Å². The van der Waals surface area contributed by atoms with Crippen LogP contribution >= 0.6 is 15.2 Å². The van der Waals surface area contributed by atoms with E-state index in [1.54, 1.807) is 21.2 Å². The highest BCUT2D eigenvalue weighted by molar-refractivity contribution is 7.87. The van der Waals surface area contributed by atoms with Crippen LogP contribution in [0.2, 0.25) is 0 Å². The Hall–Kier alpha value is -1.74. The molecule has 4 aliphatic rings. The first-order chi connectivity index (χ1) is 21.1. The molecule has 3 atom stereocenters. The van der Waals surface area contributed by atoms with Crippen LogP contribution in [0.3, 0.4) is 0 Å². The van der Waals surface area contributed by atoms with Crippen molar-refractivity contribution < 1.29 is 0 Å². The maximum atomic E-state index is 2.60. The summed E-state index contributed by atoms with van der Waals surface area (Å²) in [5.41, 5.74) is 0. The SMILES string of the molecule is CC1C=CCCC1(C)P(CCCCCCCCC[P+](C1=CC=CCC1)(C1=CC=CCC1)C1=CC=CCC1)c1ccccc1. The van der Waals surface area contributed by atoms with Crippen LogP contribution in [0.4, 0.5) is 0 Å². The molecule has 0 bridgehead atoms. The first-order valence-electron chi connectivity index (χ1n) is 17.6. The van der Waals surface area contributed by atoms with E-state index in [0.29, 0.717) is 11.1 Å². The molecule has 0 N–H and O–H groups in total. The second-order valence-electron chi connectivity index (χ2n) is 13.5. The van der Waals surface area contributed by atoms with Crippen molar-refractivity contribution in [2.24, 2.45) is 5.92 Å². The molecule has 0 saturated heterocycles. The fraction of sp³-hybridized carbons (Fsp3) is 0.512. The van der Waals surface area contributed by atoms with Gasteiger partial charge in [-0.15, -0.1) is 0 Å². The molecule has 0 heterocycles. The Bertz CT molecular complexity index is 1160. The van der Waals surface area contributed by atoms with Gasteiger partial charge in [0, 0.05) is 19.3 Å². The van der Waals surface area contributed by atoms with E-state index in [0.717, 1.165) is 0 Å². The predicted octanol–water partition coefficient (Wildman–Crippen LogP) is 13.0. The van der Waals surface area contributed by atoms with Crippen LogP contribution in [0.15, 0.2) is 113 Å². The lowest BCUT2D eigenvalue weighted by molar-refractivity contribution is 0.452. The van der Waals surface area contributed by atoms with Gasteiger partial charge in [0.25, 0.3) is 0 Å². The molecule has 2 heteroatoms. The number of hydrogen-bond donors (Lipinski definition) is 0. The van der Waals surface area contributed by atoms with Crippen molar-refractivity contribution >= 4 is 20.5 Å². The van der Waals surface area contributed by atoms with Gasteiger partial charge < -0.3 is 0 Å². The average Bonchev–Trinajstić information content (AvgIpc) is 3.07. The zero-order valence-corrected chi connectivity index (χ0v) is 29.0. The van der Waals surface area contributed by atoms with Crippen molar-refractivity contribution in [1.29, 1.82) is 0 Å². The van der Waals surface area contributed by atoms with Crippen LogP contribution in [0.1, 0.15) is 110 Å². The quantitative estimate of drug-likeness (QED) is 0.105. The Morgan fingerprint density at radius 3 is 1.72 bits per heavy atom. The monoisotopic (exact) mass is 611 g/mol. The van der Waals surface area contributed by atoms with E-state index < -0.39 is 7.26 Å². The van der Waals surface area contributed by atoms with Crippen LogP contribution in [-0.4, -0.2) is 17.5 Å². The van der Waals surface area contributed by atoms with Gasteiger partial charge in [-0.2, -0.15) is 0 Å². The highest BCUT2D eigenvalue weighted by Crippen LogP contribution is 2.80. The predicted molar refractivity (Wildman–Crippen MR) is 197 cm³/mol. The summed E-state index contributed by atoms with van der Waals surface area (Å²) in [7, 11) is -1.56. The van der Waals surface area contributed by atoms with E-state index >= 15 is 0 Å². The third-order valence-electron chi connectivity index (χ3n) is 10.7. The standard InChI is InChI=1S/C41H57P2/c1-36-24-20-21-33-41(36,2)42(37-25-12-8-13-26-37)34-22-6-4-3-5-7-23-35-43(38-27-14-9-15-28-38,39-29-16-10-17-30-39)40-31-18-11-19-32-40/h8-14,16,18,20,24-27,29,31,36H,3-7,15,17,19,21-23,28,30,32-35H2,1-2H3/q+1. The number of hydrogen-bond acceptors (Lipinski definition) is 0. The Morgan fingerprint density at radius 2 is 1.21 bits per heavy atom. The van der Waals surface area contributed by atoms with Gasteiger partial charge in [-0.3, -0.25) is 0 Å². The molecule has 0 nitrogen and oxygen atoms in total. The van der Waals surface area contributed by atoms with Crippen molar-refractivity contribution in [3.8, 4) is 0 Å². The minimum absolute atomic E-state index is 0.136. The molecule has 0 radical (unpaired) electrons. The third-order valence-corrected chi connectivity index (χ3v) is 19.3. The minimum Gasteiger partial charge on any atom is -0.0882 e. The number of allylic oxidation sites excluding steroid dienone is 14. The summed E-state index contributed by atoms with van der Waals surface area (Å²) in [5.74, 6) is 0.684. The second-order valence-corrected chi connectivity index (χ2v) is 20.1. The van der Waals surface area contributed by atoms with Gasteiger partial charge in [0.05, 0.1) is 29.4 Å².